The number of alkyl halides is 3. The lowest BCUT2D eigenvalue weighted by atomic mass is 10.1. The van der Waals surface area contributed by atoms with E-state index in [0.29, 0.717) is 26.2 Å². The number of pyridine rings is 1. The van der Waals surface area contributed by atoms with Gasteiger partial charge in [0, 0.05) is 55.0 Å². The predicted molar refractivity (Wildman–Crippen MR) is 76.5 cm³/mol. The number of nitrogens with zero attached hydrogens (tertiary/aromatic N) is 3. The normalized spacial score (nSPS) is 17.4. The van der Waals surface area contributed by atoms with E-state index in [-0.39, 0.29) is 0 Å². The van der Waals surface area contributed by atoms with Crippen LogP contribution in [-0.2, 0) is 0 Å². The van der Waals surface area contributed by atoms with Crippen LogP contribution in [0.25, 0.3) is 10.8 Å². The van der Waals surface area contributed by atoms with Gasteiger partial charge in [-0.1, -0.05) is 12.1 Å². The standard InChI is InChI=1S/C15H16F3N3/c16-15(17,18)11-20-6-8-21(9-7-20)14-3-1-2-12-10-19-5-4-13(12)14/h1-5,10H,6-9,11H2. The third kappa shape index (κ3) is 3.26. The molecule has 1 aromatic carbocycles. The lowest BCUT2D eigenvalue weighted by Gasteiger charge is -2.36. The minimum absolute atomic E-state index is 0.432. The zero-order valence-corrected chi connectivity index (χ0v) is 11.5. The maximum atomic E-state index is 12.4. The molecule has 21 heavy (non-hydrogen) atoms. The van der Waals surface area contributed by atoms with Gasteiger partial charge in [-0.3, -0.25) is 9.88 Å². The molecule has 2 heterocycles. The molecular weight excluding hydrogens is 279 g/mol. The molecule has 0 saturated carbocycles. The van der Waals surface area contributed by atoms with Gasteiger partial charge in [0.05, 0.1) is 6.54 Å². The van der Waals surface area contributed by atoms with Crippen molar-refractivity contribution in [2.24, 2.45) is 0 Å². The molecule has 0 N–H and O–H groups in total. The van der Waals surface area contributed by atoms with Crippen LogP contribution in [0.1, 0.15) is 0 Å². The highest BCUT2D eigenvalue weighted by atomic mass is 19.4. The number of halogens is 3. The van der Waals surface area contributed by atoms with Crippen LogP contribution in [0.15, 0.2) is 36.7 Å². The van der Waals surface area contributed by atoms with Crippen molar-refractivity contribution in [3.05, 3.63) is 36.7 Å². The summed E-state index contributed by atoms with van der Waals surface area (Å²) in [7, 11) is 0. The van der Waals surface area contributed by atoms with Crippen LogP contribution in [0.3, 0.4) is 0 Å². The van der Waals surface area contributed by atoms with Crippen molar-refractivity contribution in [3.63, 3.8) is 0 Å². The summed E-state index contributed by atoms with van der Waals surface area (Å²) in [6.45, 7) is 1.26. The van der Waals surface area contributed by atoms with E-state index < -0.39 is 12.7 Å². The van der Waals surface area contributed by atoms with Crippen LogP contribution >= 0.6 is 0 Å². The van der Waals surface area contributed by atoms with Gasteiger partial charge in [0.2, 0.25) is 0 Å². The van der Waals surface area contributed by atoms with E-state index in [1.807, 2.05) is 24.3 Å². The van der Waals surface area contributed by atoms with Crippen molar-refractivity contribution in [2.45, 2.75) is 6.18 Å². The fraction of sp³-hybridized carbons (Fsp3) is 0.400. The van der Waals surface area contributed by atoms with Crippen LogP contribution < -0.4 is 4.90 Å². The third-order valence-corrected chi connectivity index (χ3v) is 3.77. The van der Waals surface area contributed by atoms with Crippen LogP contribution in [-0.4, -0.2) is 48.8 Å². The summed E-state index contributed by atoms with van der Waals surface area (Å²) >= 11 is 0. The summed E-state index contributed by atoms with van der Waals surface area (Å²) in [6, 6.07) is 7.92. The summed E-state index contributed by atoms with van der Waals surface area (Å²) in [6.07, 6.45) is -0.572. The highest BCUT2D eigenvalue weighted by Gasteiger charge is 2.32. The lowest BCUT2D eigenvalue weighted by Crippen LogP contribution is -2.49. The molecule has 0 bridgehead atoms. The first-order valence-electron chi connectivity index (χ1n) is 6.90. The molecule has 1 saturated heterocycles. The molecule has 0 aliphatic carbocycles. The van der Waals surface area contributed by atoms with E-state index in [2.05, 4.69) is 9.88 Å². The van der Waals surface area contributed by atoms with Crippen molar-refractivity contribution in [3.8, 4) is 0 Å². The summed E-state index contributed by atoms with van der Waals surface area (Å²) in [5.41, 5.74) is 1.07. The number of hydrogen-bond donors (Lipinski definition) is 0. The van der Waals surface area contributed by atoms with Gasteiger partial charge >= 0.3 is 6.18 Å². The highest BCUT2D eigenvalue weighted by molar-refractivity contribution is 5.93. The second-order valence-corrected chi connectivity index (χ2v) is 5.25. The van der Waals surface area contributed by atoms with Crippen molar-refractivity contribution in [1.29, 1.82) is 0 Å². The Bertz CT molecular complexity index is 614. The number of benzene rings is 1. The Kier molecular flexibility index (Phi) is 3.71. The van der Waals surface area contributed by atoms with Crippen molar-refractivity contribution in [2.75, 3.05) is 37.6 Å². The average Bonchev–Trinajstić information content (AvgIpc) is 2.46. The summed E-state index contributed by atoms with van der Waals surface area (Å²) in [5, 5.41) is 2.14. The number of hydrogen-bond acceptors (Lipinski definition) is 3. The Hall–Kier alpha value is -1.82. The quantitative estimate of drug-likeness (QED) is 0.849. The summed E-state index contributed by atoms with van der Waals surface area (Å²) < 4.78 is 37.2. The SMILES string of the molecule is FC(F)(F)CN1CCN(c2cccc3cnccc23)CC1. The molecule has 2 aromatic rings. The minimum atomic E-state index is -4.12. The molecule has 0 unspecified atom stereocenters. The van der Waals surface area contributed by atoms with Gasteiger partial charge in [-0.05, 0) is 12.1 Å². The Labute approximate surface area is 121 Å². The van der Waals surface area contributed by atoms with Gasteiger partial charge in [0.25, 0.3) is 0 Å². The Balaban J connectivity index is 1.74. The van der Waals surface area contributed by atoms with Gasteiger partial charge in [-0.25, -0.2) is 0 Å². The molecule has 1 aliphatic heterocycles. The predicted octanol–water partition coefficient (Wildman–Crippen LogP) is 2.92. The summed E-state index contributed by atoms with van der Waals surface area (Å²) in [4.78, 5) is 7.71. The van der Waals surface area contributed by atoms with Gasteiger partial charge < -0.3 is 4.90 Å². The van der Waals surface area contributed by atoms with Gasteiger partial charge in [-0.2, -0.15) is 13.2 Å². The largest absolute Gasteiger partial charge is 0.401 e. The number of fused-ring (bicyclic) bond motifs is 1. The Morgan fingerprint density at radius 2 is 1.81 bits per heavy atom. The van der Waals surface area contributed by atoms with Crippen LogP contribution in [0.5, 0.6) is 0 Å². The fourth-order valence-corrected chi connectivity index (χ4v) is 2.78. The molecule has 0 atom stereocenters. The highest BCUT2D eigenvalue weighted by Crippen LogP contribution is 2.27. The molecule has 1 fully saturated rings. The number of rotatable bonds is 2. The van der Waals surface area contributed by atoms with Crippen LogP contribution in [0, 0.1) is 0 Å². The van der Waals surface area contributed by atoms with Gasteiger partial charge in [-0.15, -0.1) is 0 Å². The van der Waals surface area contributed by atoms with E-state index in [4.69, 9.17) is 0 Å². The Morgan fingerprint density at radius 1 is 1.05 bits per heavy atom. The molecule has 0 amide bonds. The first-order valence-corrected chi connectivity index (χ1v) is 6.90. The monoisotopic (exact) mass is 295 g/mol. The van der Waals surface area contributed by atoms with E-state index in [1.54, 1.807) is 12.4 Å². The maximum Gasteiger partial charge on any atom is 0.401 e. The first-order chi connectivity index (χ1) is 10.0. The summed E-state index contributed by atoms with van der Waals surface area (Å²) in [5.74, 6) is 0. The van der Waals surface area contributed by atoms with Crippen molar-refractivity contribution < 1.29 is 13.2 Å². The second-order valence-electron chi connectivity index (χ2n) is 5.25. The van der Waals surface area contributed by atoms with Crippen LogP contribution in [0.4, 0.5) is 18.9 Å². The molecule has 1 aromatic heterocycles. The lowest BCUT2D eigenvalue weighted by molar-refractivity contribution is -0.146. The average molecular weight is 295 g/mol. The van der Waals surface area contributed by atoms with Gasteiger partial charge in [0.15, 0.2) is 0 Å². The zero-order chi connectivity index (χ0) is 14.9. The topological polar surface area (TPSA) is 19.4 Å². The van der Waals surface area contributed by atoms with E-state index >= 15 is 0 Å². The maximum absolute atomic E-state index is 12.4. The third-order valence-electron chi connectivity index (χ3n) is 3.77. The minimum Gasteiger partial charge on any atom is -0.368 e. The number of aromatic nitrogens is 1. The van der Waals surface area contributed by atoms with Crippen molar-refractivity contribution >= 4 is 16.5 Å². The molecular formula is C15H16F3N3. The van der Waals surface area contributed by atoms with E-state index in [0.717, 1.165) is 16.5 Å². The first kappa shape index (κ1) is 14.1. The molecule has 0 radical (unpaired) electrons. The second kappa shape index (κ2) is 5.52. The molecule has 3 rings (SSSR count). The van der Waals surface area contributed by atoms with Crippen molar-refractivity contribution in [1.82, 2.24) is 9.88 Å². The van der Waals surface area contributed by atoms with Crippen LogP contribution in [0.2, 0.25) is 0 Å². The van der Waals surface area contributed by atoms with E-state index in [9.17, 15) is 13.2 Å². The molecule has 6 heteroatoms. The zero-order valence-electron chi connectivity index (χ0n) is 11.5. The molecule has 3 nitrogen and oxygen atoms in total. The van der Waals surface area contributed by atoms with E-state index in [1.165, 1.54) is 4.90 Å². The smallest absolute Gasteiger partial charge is 0.368 e. The van der Waals surface area contributed by atoms with Gasteiger partial charge in [0.1, 0.15) is 0 Å². The molecule has 0 spiro atoms. The Morgan fingerprint density at radius 3 is 2.52 bits per heavy atom. The number of piperazine rings is 1. The fourth-order valence-electron chi connectivity index (χ4n) is 2.78. The molecule has 1 aliphatic rings. The number of anilines is 1. The molecule has 112 valence electrons.